The molecular weight excluding hydrogens is 318 g/mol. The van der Waals surface area contributed by atoms with Crippen LogP contribution < -0.4 is 5.32 Å². The van der Waals surface area contributed by atoms with E-state index in [1.54, 1.807) is 0 Å². The molecule has 1 aliphatic rings. The molecule has 2 rings (SSSR count). The molecule has 2 N–H and O–H groups in total. The molecule has 0 radical (unpaired) electrons. The summed E-state index contributed by atoms with van der Waals surface area (Å²) in [7, 11) is 0. The summed E-state index contributed by atoms with van der Waals surface area (Å²) in [4.78, 5) is 0. The number of hydrogen-bond donors (Lipinski definition) is 2. The van der Waals surface area contributed by atoms with Crippen LogP contribution in [0.2, 0.25) is 5.02 Å². The molecule has 18 heavy (non-hydrogen) atoms. The second kappa shape index (κ2) is 5.78. The molecule has 0 aliphatic heterocycles. The van der Waals surface area contributed by atoms with Gasteiger partial charge in [0.15, 0.2) is 0 Å². The Labute approximate surface area is 121 Å². The van der Waals surface area contributed by atoms with Crippen LogP contribution in [0.25, 0.3) is 0 Å². The Hall–Kier alpha value is -0.290. The zero-order valence-corrected chi connectivity index (χ0v) is 12.6. The molecule has 100 valence electrons. The van der Waals surface area contributed by atoms with Gasteiger partial charge in [0.1, 0.15) is 0 Å². The summed E-state index contributed by atoms with van der Waals surface area (Å²) in [6.07, 6.45) is 1.92. The van der Waals surface area contributed by atoms with Gasteiger partial charge in [-0.1, -0.05) is 11.6 Å². The lowest BCUT2D eigenvalue weighted by Gasteiger charge is -2.47. The highest BCUT2D eigenvalue weighted by Crippen LogP contribution is 2.38. The summed E-state index contributed by atoms with van der Waals surface area (Å²) in [6.45, 7) is 2.82. The van der Waals surface area contributed by atoms with E-state index in [1.165, 1.54) is 0 Å². The summed E-state index contributed by atoms with van der Waals surface area (Å²) in [5.74, 6) is 0. The second-order valence-corrected chi connectivity index (χ2v) is 5.94. The molecule has 1 aromatic rings. The Balaban J connectivity index is 2.01. The largest absolute Gasteiger partial charge is 0.394 e. The third kappa shape index (κ3) is 2.99. The minimum absolute atomic E-state index is 0.108. The van der Waals surface area contributed by atoms with Gasteiger partial charge < -0.3 is 15.2 Å². The first-order chi connectivity index (χ1) is 8.58. The molecule has 1 aliphatic carbocycles. The zero-order chi connectivity index (χ0) is 13.2. The predicted molar refractivity (Wildman–Crippen MR) is 77.2 cm³/mol. The van der Waals surface area contributed by atoms with Crippen molar-refractivity contribution < 1.29 is 9.84 Å². The van der Waals surface area contributed by atoms with E-state index in [4.69, 9.17) is 16.3 Å². The summed E-state index contributed by atoms with van der Waals surface area (Å²) in [6, 6.07) is 5.67. The summed E-state index contributed by atoms with van der Waals surface area (Å²) >= 11 is 9.35. The molecular formula is C13H17BrClNO2. The molecule has 0 aromatic heterocycles. The van der Waals surface area contributed by atoms with E-state index >= 15 is 0 Å². The standard InChI is InChI=1S/C13H17BrClNO2/c1-2-18-10-6-13(7-10,8-17)16-9-3-4-12(15)11(14)5-9/h3-5,10,16-17H,2,6-8H2,1H3. The number of nitrogens with one attached hydrogen (secondary N) is 1. The number of hydrogen-bond acceptors (Lipinski definition) is 3. The molecule has 5 heteroatoms. The van der Waals surface area contributed by atoms with Gasteiger partial charge in [-0.3, -0.25) is 0 Å². The quantitative estimate of drug-likeness (QED) is 0.866. The number of aliphatic hydroxyl groups is 1. The number of aliphatic hydroxyl groups excluding tert-OH is 1. The maximum atomic E-state index is 9.55. The van der Waals surface area contributed by atoms with Gasteiger partial charge in [-0.05, 0) is 53.9 Å². The van der Waals surface area contributed by atoms with Gasteiger partial charge in [-0.15, -0.1) is 0 Å². The van der Waals surface area contributed by atoms with Crippen LogP contribution in [0.1, 0.15) is 19.8 Å². The lowest BCUT2D eigenvalue weighted by atomic mass is 9.74. The van der Waals surface area contributed by atoms with Crippen LogP contribution in [0, 0.1) is 0 Å². The molecule has 0 heterocycles. The van der Waals surface area contributed by atoms with Crippen molar-refractivity contribution in [1.29, 1.82) is 0 Å². The fourth-order valence-electron chi connectivity index (χ4n) is 2.32. The highest BCUT2D eigenvalue weighted by atomic mass is 79.9. The van der Waals surface area contributed by atoms with Crippen molar-refractivity contribution >= 4 is 33.2 Å². The summed E-state index contributed by atoms with van der Waals surface area (Å²) in [5, 5.41) is 13.6. The third-order valence-corrected chi connectivity index (χ3v) is 4.48. The Morgan fingerprint density at radius 2 is 2.28 bits per heavy atom. The van der Waals surface area contributed by atoms with Crippen LogP contribution in [-0.4, -0.2) is 30.0 Å². The molecule has 0 atom stereocenters. The molecule has 3 nitrogen and oxygen atoms in total. The van der Waals surface area contributed by atoms with Crippen molar-refractivity contribution in [2.75, 3.05) is 18.5 Å². The van der Waals surface area contributed by atoms with Crippen LogP contribution in [0.5, 0.6) is 0 Å². The lowest BCUT2D eigenvalue weighted by molar-refractivity contribution is -0.0458. The number of ether oxygens (including phenoxy) is 1. The smallest absolute Gasteiger partial charge is 0.0663 e. The van der Waals surface area contributed by atoms with Crippen LogP contribution in [-0.2, 0) is 4.74 Å². The van der Waals surface area contributed by atoms with Gasteiger partial charge in [0, 0.05) is 16.8 Å². The van der Waals surface area contributed by atoms with E-state index in [9.17, 15) is 5.11 Å². The molecule has 1 saturated carbocycles. The Morgan fingerprint density at radius 3 is 2.83 bits per heavy atom. The fourth-order valence-corrected chi connectivity index (χ4v) is 2.81. The van der Waals surface area contributed by atoms with Gasteiger partial charge in [0.25, 0.3) is 0 Å². The molecule has 1 aromatic carbocycles. The zero-order valence-electron chi connectivity index (χ0n) is 10.2. The first-order valence-corrected chi connectivity index (χ1v) is 7.21. The number of anilines is 1. The molecule has 0 spiro atoms. The van der Waals surface area contributed by atoms with E-state index in [0.29, 0.717) is 5.02 Å². The number of halogens is 2. The average molecular weight is 335 g/mol. The lowest BCUT2D eigenvalue weighted by Crippen LogP contribution is -2.56. The number of rotatable bonds is 5. The van der Waals surface area contributed by atoms with Crippen molar-refractivity contribution in [3.8, 4) is 0 Å². The highest BCUT2D eigenvalue weighted by molar-refractivity contribution is 9.10. The van der Waals surface area contributed by atoms with Gasteiger partial charge >= 0.3 is 0 Å². The second-order valence-electron chi connectivity index (χ2n) is 4.68. The first-order valence-electron chi connectivity index (χ1n) is 6.04. The van der Waals surface area contributed by atoms with Crippen LogP contribution in [0.4, 0.5) is 5.69 Å². The van der Waals surface area contributed by atoms with Crippen molar-refractivity contribution in [3.05, 3.63) is 27.7 Å². The third-order valence-electron chi connectivity index (χ3n) is 3.27. The molecule has 0 unspecified atom stereocenters. The van der Waals surface area contributed by atoms with Crippen molar-refractivity contribution in [2.45, 2.75) is 31.4 Å². The van der Waals surface area contributed by atoms with Gasteiger partial charge in [-0.2, -0.15) is 0 Å². The Bertz CT molecular complexity index is 421. The molecule has 0 saturated heterocycles. The first kappa shape index (κ1) is 14.1. The van der Waals surface area contributed by atoms with Crippen LogP contribution in [0.15, 0.2) is 22.7 Å². The number of benzene rings is 1. The fraction of sp³-hybridized carbons (Fsp3) is 0.538. The summed E-state index contributed by atoms with van der Waals surface area (Å²) < 4.78 is 6.38. The van der Waals surface area contributed by atoms with Crippen LogP contribution in [0.3, 0.4) is 0 Å². The predicted octanol–water partition coefficient (Wildman–Crippen LogP) is 3.44. The minimum Gasteiger partial charge on any atom is -0.394 e. The highest BCUT2D eigenvalue weighted by Gasteiger charge is 2.44. The van der Waals surface area contributed by atoms with Gasteiger partial charge in [-0.25, -0.2) is 0 Å². The van der Waals surface area contributed by atoms with E-state index in [2.05, 4.69) is 21.2 Å². The monoisotopic (exact) mass is 333 g/mol. The topological polar surface area (TPSA) is 41.5 Å². The molecule has 1 fully saturated rings. The van der Waals surface area contributed by atoms with E-state index < -0.39 is 0 Å². The maximum Gasteiger partial charge on any atom is 0.0663 e. The van der Waals surface area contributed by atoms with Gasteiger partial charge in [0.2, 0.25) is 0 Å². The summed E-state index contributed by atoms with van der Waals surface area (Å²) in [5.41, 5.74) is 0.697. The van der Waals surface area contributed by atoms with Crippen molar-refractivity contribution in [2.24, 2.45) is 0 Å². The van der Waals surface area contributed by atoms with Gasteiger partial charge in [0.05, 0.1) is 23.3 Å². The van der Waals surface area contributed by atoms with E-state index in [1.807, 2.05) is 25.1 Å². The molecule has 0 amide bonds. The Morgan fingerprint density at radius 1 is 1.56 bits per heavy atom. The van der Waals surface area contributed by atoms with E-state index in [-0.39, 0.29) is 18.2 Å². The normalized spacial score (nSPS) is 26.8. The van der Waals surface area contributed by atoms with Crippen molar-refractivity contribution in [1.82, 2.24) is 0 Å². The van der Waals surface area contributed by atoms with Crippen LogP contribution >= 0.6 is 27.5 Å². The maximum absolute atomic E-state index is 9.55. The molecule has 0 bridgehead atoms. The average Bonchev–Trinajstić information content (AvgIpc) is 2.31. The van der Waals surface area contributed by atoms with E-state index in [0.717, 1.165) is 29.6 Å². The van der Waals surface area contributed by atoms with Crippen molar-refractivity contribution in [3.63, 3.8) is 0 Å². The SMILES string of the molecule is CCOC1CC(CO)(Nc2ccc(Cl)c(Br)c2)C1. The minimum atomic E-state index is -0.257. The Kier molecular flexibility index (Phi) is 4.54.